The summed E-state index contributed by atoms with van der Waals surface area (Å²) in [7, 11) is -2.61. The molecule has 1 atom stereocenters. The van der Waals surface area contributed by atoms with Gasteiger partial charge in [-0.2, -0.15) is 0 Å². The maximum atomic E-state index is 7.60. The summed E-state index contributed by atoms with van der Waals surface area (Å²) in [5.41, 5.74) is 4.34. The van der Waals surface area contributed by atoms with Crippen molar-refractivity contribution in [2.45, 2.75) is 57.6 Å². The lowest BCUT2D eigenvalue weighted by Crippen LogP contribution is -2.66. The third kappa shape index (κ3) is 5.31. The van der Waals surface area contributed by atoms with Crippen LogP contribution >= 0.6 is 0 Å². The minimum atomic E-state index is -2.61. The highest BCUT2D eigenvalue weighted by atomic mass is 28.4. The van der Waals surface area contributed by atoms with E-state index in [1.165, 1.54) is 44.3 Å². The number of benzene rings is 4. The molecular formula is C36H43NO2Si. The molecule has 4 heteroatoms. The molecule has 0 bridgehead atoms. The molecule has 40 heavy (non-hydrogen) atoms. The van der Waals surface area contributed by atoms with Crippen molar-refractivity contribution in [3.63, 3.8) is 0 Å². The maximum Gasteiger partial charge on any atom is 0.261 e. The average Bonchev–Trinajstić information content (AvgIpc) is 3.40. The van der Waals surface area contributed by atoms with Crippen LogP contribution in [0.5, 0.6) is 0 Å². The van der Waals surface area contributed by atoms with E-state index in [-0.39, 0.29) is 11.1 Å². The number of fused-ring (bicyclic) bond motifs is 3. The second-order valence-corrected chi connectivity index (χ2v) is 16.8. The molecule has 0 aromatic heterocycles. The lowest BCUT2D eigenvalue weighted by molar-refractivity contribution is 0.0375. The van der Waals surface area contributed by atoms with Gasteiger partial charge in [-0.1, -0.05) is 112 Å². The van der Waals surface area contributed by atoms with E-state index in [1.54, 1.807) is 0 Å². The molecule has 4 aromatic rings. The third-order valence-corrected chi connectivity index (χ3v) is 14.1. The predicted molar refractivity (Wildman–Crippen MR) is 169 cm³/mol. The van der Waals surface area contributed by atoms with Crippen molar-refractivity contribution in [2.75, 3.05) is 32.8 Å². The summed E-state index contributed by atoms with van der Waals surface area (Å²) in [6.45, 7) is 12.2. The van der Waals surface area contributed by atoms with E-state index >= 15 is 0 Å². The molecule has 0 amide bonds. The summed E-state index contributed by atoms with van der Waals surface area (Å²) in [4.78, 5) is 2.54. The van der Waals surface area contributed by atoms with E-state index in [0.29, 0.717) is 0 Å². The Morgan fingerprint density at radius 3 is 2.15 bits per heavy atom. The first-order valence-corrected chi connectivity index (χ1v) is 17.0. The highest BCUT2D eigenvalue weighted by molar-refractivity contribution is 6.99. The molecule has 2 aliphatic rings. The van der Waals surface area contributed by atoms with Gasteiger partial charge in [-0.05, 0) is 75.1 Å². The van der Waals surface area contributed by atoms with Gasteiger partial charge in [-0.15, -0.1) is 0 Å². The van der Waals surface area contributed by atoms with Crippen molar-refractivity contribution < 1.29 is 9.16 Å². The van der Waals surface area contributed by atoms with Crippen LogP contribution in [0.25, 0.3) is 10.8 Å². The highest BCUT2D eigenvalue weighted by Gasteiger charge is 2.52. The molecule has 1 aliphatic heterocycles. The van der Waals surface area contributed by atoms with Gasteiger partial charge in [-0.3, -0.25) is 4.90 Å². The quantitative estimate of drug-likeness (QED) is 0.229. The van der Waals surface area contributed by atoms with Crippen molar-refractivity contribution >= 4 is 29.5 Å². The first kappa shape index (κ1) is 27.4. The molecule has 1 fully saturated rings. The molecule has 0 radical (unpaired) electrons. The van der Waals surface area contributed by atoms with Gasteiger partial charge in [0.1, 0.15) is 0 Å². The van der Waals surface area contributed by atoms with Crippen LogP contribution in [0.3, 0.4) is 0 Å². The molecule has 0 saturated carbocycles. The summed E-state index contributed by atoms with van der Waals surface area (Å²) >= 11 is 0. The Balaban J connectivity index is 1.32. The smallest absolute Gasteiger partial charge is 0.261 e. The topological polar surface area (TPSA) is 21.7 Å². The first-order chi connectivity index (χ1) is 19.5. The average molecular weight is 550 g/mol. The van der Waals surface area contributed by atoms with Crippen LogP contribution in [0.1, 0.15) is 56.4 Å². The van der Waals surface area contributed by atoms with Crippen molar-refractivity contribution in [1.29, 1.82) is 0 Å². The Labute approximate surface area is 241 Å². The third-order valence-electron chi connectivity index (χ3n) is 9.02. The number of rotatable bonds is 8. The fourth-order valence-electron chi connectivity index (χ4n) is 6.97. The largest absolute Gasteiger partial charge is 0.400 e. The molecule has 1 heterocycles. The standard InChI is InChI=1S/C36H43NO2Si/c1-36(2,3)40(30-12-6-4-7-13-30,31-14-8-5-9-15-31)39-35-21-20-32-33(35)19-18-29-17-16-28(27-34(29)32)11-10-22-37-23-25-38-26-24-37/h4-9,12-19,27,35H,10-11,20-26H2,1-3H3. The van der Waals surface area contributed by atoms with Crippen LogP contribution in [-0.4, -0.2) is 46.1 Å². The number of ether oxygens (including phenoxy) is 1. The van der Waals surface area contributed by atoms with E-state index in [9.17, 15) is 0 Å². The zero-order chi connectivity index (χ0) is 27.6. The number of hydrogen-bond acceptors (Lipinski definition) is 3. The Morgan fingerprint density at radius 1 is 0.850 bits per heavy atom. The van der Waals surface area contributed by atoms with Gasteiger partial charge in [0.15, 0.2) is 0 Å². The van der Waals surface area contributed by atoms with Gasteiger partial charge >= 0.3 is 0 Å². The first-order valence-electron chi connectivity index (χ1n) is 15.1. The fraction of sp³-hybridized carbons (Fsp3) is 0.389. The lowest BCUT2D eigenvalue weighted by Gasteiger charge is -2.44. The molecule has 208 valence electrons. The lowest BCUT2D eigenvalue weighted by atomic mass is 9.97. The van der Waals surface area contributed by atoms with E-state index in [4.69, 9.17) is 9.16 Å². The molecule has 4 aromatic carbocycles. The van der Waals surface area contributed by atoms with Gasteiger partial charge < -0.3 is 9.16 Å². The van der Waals surface area contributed by atoms with Crippen LogP contribution in [0, 0.1) is 0 Å². The van der Waals surface area contributed by atoms with Crippen molar-refractivity contribution in [3.05, 3.63) is 108 Å². The zero-order valence-corrected chi connectivity index (χ0v) is 25.4. The summed E-state index contributed by atoms with van der Waals surface area (Å²) in [5, 5.41) is 5.45. The molecular weight excluding hydrogens is 506 g/mol. The summed E-state index contributed by atoms with van der Waals surface area (Å²) in [6, 6.07) is 33.9. The summed E-state index contributed by atoms with van der Waals surface area (Å²) in [6.07, 6.45) is 4.54. The van der Waals surface area contributed by atoms with E-state index in [0.717, 1.165) is 52.1 Å². The molecule has 1 unspecified atom stereocenters. The molecule has 0 N–H and O–H groups in total. The normalized spacial score (nSPS) is 18.2. The zero-order valence-electron chi connectivity index (χ0n) is 24.4. The molecule has 1 aliphatic carbocycles. The molecule has 1 saturated heterocycles. The van der Waals surface area contributed by atoms with Crippen LogP contribution in [0.4, 0.5) is 0 Å². The van der Waals surface area contributed by atoms with Gasteiger partial charge in [-0.25, -0.2) is 0 Å². The van der Waals surface area contributed by atoms with Crippen molar-refractivity contribution in [1.82, 2.24) is 4.90 Å². The SMILES string of the molecule is CC(C)(C)[Si](OC1CCc2c1ccc1ccc(CCCN3CCOCC3)cc21)(c1ccccc1)c1ccccc1. The van der Waals surface area contributed by atoms with Crippen molar-refractivity contribution in [3.8, 4) is 0 Å². The van der Waals surface area contributed by atoms with E-state index in [2.05, 4.69) is 117 Å². The van der Waals surface area contributed by atoms with Gasteiger partial charge in [0.25, 0.3) is 8.32 Å². The minimum Gasteiger partial charge on any atom is -0.400 e. The van der Waals surface area contributed by atoms with Gasteiger partial charge in [0.2, 0.25) is 0 Å². The van der Waals surface area contributed by atoms with Crippen molar-refractivity contribution in [2.24, 2.45) is 0 Å². The van der Waals surface area contributed by atoms with Crippen LogP contribution in [-0.2, 0) is 22.0 Å². The minimum absolute atomic E-state index is 0.0248. The highest BCUT2D eigenvalue weighted by Crippen LogP contribution is 2.45. The fourth-order valence-corrected chi connectivity index (χ4v) is 11.7. The Morgan fingerprint density at radius 2 is 1.50 bits per heavy atom. The van der Waals surface area contributed by atoms with E-state index in [1.807, 2.05) is 0 Å². The summed E-state index contributed by atoms with van der Waals surface area (Å²) < 4.78 is 13.1. The van der Waals surface area contributed by atoms with E-state index < -0.39 is 8.32 Å². The second-order valence-electron chi connectivity index (χ2n) is 12.6. The second kappa shape index (κ2) is 11.6. The molecule has 3 nitrogen and oxygen atoms in total. The maximum absolute atomic E-state index is 7.60. The Bertz CT molecular complexity index is 1380. The monoisotopic (exact) mass is 549 g/mol. The molecule has 0 spiro atoms. The summed E-state index contributed by atoms with van der Waals surface area (Å²) in [5.74, 6) is 0. The number of nitrogens with zero attached hydrogens (tertiary/aromatic N) is 1. The van der Waals surface area contributed by atoms with Crippen LogP contribution in [0.15, 0.2) is 91.0 Å². The number of hydrogen-bond donors (Lipinski definition) is 0. The predicted octanol–water partition coefficient (Wildman–Crippen LogP) is 6.67. The number of aryl methyl sites for hydroxylation is 2. The van der Waals surface area contributed by atoms with Gasteiger partial charge in [0.05, 0.1) is 19.3 Å². The molecule has 6 rings (SSSR count). The Kier molecular flexibility index (Phi) is 7.96. The van der Waals surface area contributed by atoms with Crippen LogP contribution in [0.2, 0.25) is 5.04 Å². The van der Waals surface area contributed by atoms with Gasteiger partial charge in [0, 0.05) is 13.1 Å². The number of morpholine rings is 1. The van der Waals surface area contributed by atoms with Crippen LogP contribution < -0.4 is 10.4 Å². The Hall–Kier alpha value is -2.76.